The van der Waals surface area contributed by atoms with E-state index in [1.807, 2.05) is 12.1 Å². The lowest BCUT2D eigenvalue weighted by molar-refractivity contribution is 0.0856. The number of nitrogens with zero attached hydrogens (tertiary/aromatic N) is 2. The first-order valence-corrected chi connectivity index (χ1v) is 9.39. The van der Waals surface area contributed by atoms with Crippen LogP contribution in [0.3, 0.4) is 0 Å². The van der Waals surface area contributed by atoms with Crippen LogP contribution in [-0.2, 0) is 17.8 Å². The Balaban J connectivity index is 1.59. The van der Waals surface area contributed by atoms with Gasteiger partial charge in [0.15, 0.2) is 0 Å². The summed E-state index contributed by atoms with van der Waals surface area (Å²) in [6.07, 6.45) is 5.56. The van der Waals surface area contributed by atoms with Gasteiger partial charge in [-0.25, -0.2) is 0 Å². The van der Waals surface area contributed by atoms with E-state index in [-0.39, 0.29) is 23.1 Å². The van der Waals surface area contributed by atoms with E-state index in [4.69, 9.17) is 4.74 Å². The van der Waals surface area contributed by atoms with Crippen LogP contribution in [-0.4, -0.2) is 46.6 Å². The highest BCUT2D eigenvalue weighted by molar-refractivity contribution is 5.93. The summed E-state index contributed by atoms with van der Waals surface area (Å²) in [6.45, 7) is 5.47. The average Bonchev–Trinajstić information content (AvgIpc) is 3.20. The Labute approximate surface area is 158 Å². The van der Waals surface area contributed by atoms with Gasteiger partial charge in [0.1, 0.15) is 5.56 Å². The van der Waals surface area contributed by atoms with Crippen LogP contribution < -0.4 is 10.9 Å². The highest BCUT2D eigenvalue weighted by Gasteiger charge is 2.18. The lowest BCUT2D eigenvalue weighted by atomic mass is 10.2. The predicted octanol–water partition coefficient (Wildman–Crippen LogP) is 1.70. The van der Waals surface area contributed by atoms with Crippen LogP contribution in [0.15, 0.2) is 41.5 Å². The molecule has 1 fully saturated rings. The summed E-state index contributed by atoms with van der Waals surface area (Å²) in [5.41, 5.74) is 1.72. The van der Waals surface area contributed by atoms with E-state index in [2.05, 4.69) is 27.1 Å². The molecule has 1 aliphatic heterocycles. The number of pyridine rings is 2. The summed E-state index contributed by atoms with van der Waals surface area (Å²) in [5, 5.41) is 2.79. The zero-order chi connectivity index (χ0) is 19.1. The highest BCUT2D eigenvalue weighted by Crippen LogP contribution is 2.11. The first kappa shape index (κ1) is 19.3. The van der Waals surface area contributed by atoms with Crippen LogP contribution in [0.5, 0.6) is 0 Å². The Morgan fingerprint density at radius 2 is 2.11 bits per heavy atom. The van der Waals surface area contributed by atoms with Gasteiger partial charge in [0.25, 0.3) is 11.5 Å². The van der Waals surface area contributed by atoms with Crippen LogP contribution in [0.4, 0.5) is 0 Å². The zero-order valence-electron chi connectivity index (χ0n) is 15.6. The van der Waals surface area contributed by atoms with Gasteiger partial charge in [-0.05, 0) is 49.2 Å². The van der Waals surface area contributed by atoms with Crippen molar-refractivity contribution in [3.8, 4) is 0 Å². The van der Waals surface area contributed by atoms with Gasteiger partial charge in [-0.2, -0.15) is 0 Å². The molecule has 3 rings (SSSR count). The van der Waals surface area contributed by atoms with Crippen LogP contribution in [0.1, 0.15) is 41.4 Å². The fraction of sp³-hybridized carbons (Fsp3) is 0.450. The number of H-pyrrole nitrogens is 1. The van der Waals surface area contributed by atoms with Crippen molar-refractivity contribution in [2.24, 2.45) is 0 Å². The third-order valence-electron chi connectivity index (χ3n) is 4.73. The van der Waals surface area contributed by atoms with Crippen molar-refractivity contribution >= 4 is 5.91 Å². The van der Waals surface area contributed by atoms with E-state index in [0.29, 0.717) is 13.1 Å². The van der Waals surface area contributed by atoms with Crippen molar-refractivity contribution in [1.29, 1.82) is 0 Å². The second-order valence-corrected chi connectivity index (χ2v) is 6.73. The van der Waals surface area contributed by atoms with Gasteiger partial charge in [0.05, 0.1) is 6.10 Å². The fourth-order valence-electron chi connectivity index (χ4n) is 3.16. The number of hydrogen-bond donors (Lipinski definition) is 2. The molecule has 7 heteroatoms. The number of carbonyl (C=O) groups excluding carboxylic acids is 1. The summed E-state index contributed by atoms with van der Waals surface area (Å²) < 4.78 is 5.48. The lowest BCUT2D eigenvalue weighted by Gasteiger charge is -2.20. The number of hydrogen-bond acceptors (Lipinski definition) is 5. The van der Waals surface area contributed by atoms with Crippen LogP contribution >= 0.6 is 0 Å². The Morgan fingerprint density at radius 3 is 2.78 bits per heavy atom. The Hall–Kier alpha value is -2.51. The molecule has 0 radical (unpaired) electrons. The molecule has 1 atom stereocenters. The van der Waals surface area contributed by atoms with E-state index in [1.165, 1.54) is 5.56 Å². The van der Waals surface area contributed by atoms with Crippen molar-refractivity contribution in [3.63, 3.8) is 0 Å². The second kappa shape index (κ2) is 9.43. The van der Waals surface area contributed by atoms with Crippen molar-refractivity contribution in [1.82, 2.24) is 20.2 Å². The van der Waals surface area contributed by atoms with Gasteiger partial charge in [-0.3, -0.25) is 19.5 Å². The third-order valence-corrected chi connectivity index (χ3v) is 4.73. The van der Waals surface area contributed by atoms with Gasteiger partial charge in [-0.1, -0.05) is 6.92 Å². The maximum absolute atomic E-state index is 12.3. The average molecular weight is 370 g/mol. The van der Waals surface area contributed by atoms with Gasteiger partial charge in [0, 0.05) is 44.3 Å². The van der Waals surface area contributed by atoms with Gasteiger partial charge < -0.3 is 15.0 Å². The van der Waals surface area contributed by atoms with Crippen LogP contribution in [0.25, 0.3) is 0 Å². The summed E-state index contributed by atoms with van der Waals surface area (Å²) in [4.78, 5) is 33.6. The molecular formula is C20H26N4O3. The molecule has 1 aliphatic rings. The lowest BCUT2D eigenvalue weighted by Crippen LogP contribution is -2.35. The van der Waals surface area contributed by atoms with Crippen molar-refractivity contribution in [2.45, 2.75) is 39.0 Å². The van der Waals surface area contributed by atoms with E-state index in [0.717, 1.165) is 38.2 Å². The molecule has 144 valence electrons. The summed E-state index contributed by atoms with van der Waals surface area (Å²) in [7, 11) is 0. The maximum Gasteiger partial charge on any atom is 0.261 e. The first-order valence-electron chi connectivity index (χ1n) is 9.39. The maximum atomic E-state index is 12.3. The molecule has 1 amide bonds. The fourth-order valence-corrected chi connectivity index (χ4v) is 3.16. The standard InChI is InChI=1S/C20H26N4O3/c1-2-24(13-15-7-9-21-10-8-15)14-16-5-6-18(20(26)23-16)19(25)22-12-17-4-3-11-27-17/h5-10,17H,2-4,11-14H2,1H3,(H,22,25)(H,23,26). The number of aromatic amines is 1. The van der Waals surface area contributed by atoms with E-state index in [9.17, 15) is 9.59 Å². The Bertz CT molecular complexity index is 800. The highest BCUT2D eigenvalue weighted by atomic mass is 16.5. The molecule has 2 N–H and O–H groups in total. The molecule has 1 saturated heterocycles. The van der Waals surface area contributed by atoms with E-state index >= 15 is 0 Å². The first-order chi connectivity index (χ1) is 13.2. The Kier molecular flexibility index (Phi) is 6.73. The Morgan fingerprint density at radius 1 is 1.30 bits per heavy atom. The minimum absolute atomic E-state index is 0.0543. The van der Waals surface area contributed by atoms with Gasteiger partial charge in [-0.15, -0.1) is 0 Å². The van der Waals surface area contributed by atoms with Crippen molar-refractivity contribution in [3.05, 3.63) is 63.8 Å². The SMILES string of the molecule is CCN(Cc1ccncc1)Cc1ccc(C(=O)NCC2CCCO2)c(=O)[nH]1. The second-order valence-electron chi connectivity index (χ2n) is 6.73. The summed E-state index contributed by atoms with van der Waals surface area (Å²) in [6, 6.07) is 7.36. The molecule has 27 heavy (non-hydrogen) atoms. The molecule has 1 unspecified atom stereocenters. The normalized spacial score (nSPS) is 16.6. The largest absolute Gasteiger partial charge is 0.376 e. The topological polar surface area (TPSA) is 87.3 Å². The summed E-state index contributed by atoms with van der Waals surface area (Å²) >= 11 is 0. The predicted molar refractivity (Wildman–Crippen MR) is 102 cm³/mol. The quantitative estimate of drug-likeness (QED) is 0.739. The molecule has 0 saturated carbocycles. The number of nitrogens with one attached hydrogen (secondary N) is 2. The van der Waals surface area contributed by atoms with Crippen molar-refractivity contribution < 1.29 is 9.53 Å². The number of amides is 1. The molecule has 2 aromatic heterocycles. The smallest absolute Gasteiger partial charge is 0.261 e. The monoisotopic (exact) mass is 370 g/mol. The number of rotatable bonds is 8. The number of carbonyl (C=O) groups is 1. The van der Waals surface area contributed by atoms with E-state index < -0.39 is 0 Å². The molecule has 7 nitrogen and oxygen atoms in total. The van der Waals surface area contributed by atoms with E-state index in [1.54, 1.807) is 24.5 Å². The molecule has 0 bridgehead atoms. The summed E-state index contributed by atoms with van der Waals surface area (Å²) in [5.74, 6) is -0.359. The van der Waals surface area contributed by atoms with Crippen LogP contribution in [0.2, 0.25) is 0 Å². The number of ether oxygens (including phenoxy) is 1. The number of aromatic nitrogens is 2. The molecule has 0 aliphatic carbocycles. The minimum Gasteiger partial charge on any atom is -0.376 e. The molecule has 3 heterocycles. The van der Waals surface area contributed by atoms with Gasteiger partial charge in [0.2, 0.25) is 0 Å². The van der Waals surface area contributed by atoms with Crippen molar-refractivity contribution in [2.75, 3.05) is 19.7 Å². The molecule has 0 aromatic carbocycles. The minimum atomic E-state index is -0.364. The van der Waals surface area contributed by atoms with Gasteiger partial charge >= 0.3 is 0 Å². The molecule has 0 spiro atoms. The molecular weight excluding hydrogens is 344 g/mol. The molecule has 2 aromatic rings. The zero-order valence-corrected chi connectivity index (χ0v) is 15.6. The third kappa shape index (κ3) is 5.48. The van der Waals surface area contributed by atoms with Crippen LogP contribution in [0, 0.1) is 0 Å².